The van der Waals surface area contributed by atoms with Crippen molar-refractivity contribution in [3.05, 3.63) is 17.0 Å². The van der Waals surface area contributed by atoms with Crippen molar-refractivity contribution in [2.75, 3.05) is 0 Å². The van der Waals surface area contributed by atoms with Gasteiger partial charge in [0.15, 0.2) is 5.82 Å². The Kier molecular flexibility index (Phi) is 3.02. The molecule has 0 aromatic carbocycles. The first-order valence-electron chi connectivity index (χ1n) is 4.60. The molecule has 0 aliphatic carbocycles. The van der Waals surface area contributed by atoms with Gasteiger partial charge in [-0.25, -0.2) is 4.98 Å². The third kappa shape index (κ3) is 2.03. The van der Waals surface area contributed by atoms with E-state index in [1.54, 1.807) is 5.51 Å². The minimum atomic E-state index is -0.185. The molecule has 0 saturated heterocycles. The number of nitrogens with zero attached hydrogens (tertiary/aromatic N) is 3. The van der Waals surface area contributed by atoms with Gasteiger partial charge in [-0.3, -0.25) is 0 Å². The second-order valence-electron chi connectivity index (χ2n) is 3.10. The maximum absolute atomic E-state index is 6.01. The first-order valence-corrected chi connectivity index (χ1v) is 5.92. The van der Waals surface area contributed by atoms with Crippen LogP contribution in [0.1, 0.15) is 30.2 Å². The van der Waals surface area contributed by atoms with E-state index >= 15 is 0 Å². The number of thiazole rings is 1. The van der Waals surface area contributed by atoms with Crippen molar-refractivity contribution < 1.29 is 4.52 Å². The Morgan fingerprint density at radius 3 is 3.00 bits per heavy atom. The lowest BCUT2D eigenvalue weighted by atomic mass is 10.3. The van der Waals surface area contributed by atoms with Gasteiger partial charge in [-0.15, -0.1) is 22.9 Å². The summed E-state index contributed by atoms with van der Waals surface area (Å²) in [6, 6.07) is 0. The fraction of sp³-hybridized carbons (Fsp3) is 0.444. The molecule has 15 heavy (non-hydrogen) atoms. The van der Waals surface area contributed by atoms with E-state index < -0.39 is 0 Å². The summed E-state index contributed by atoms with van der Waals surface area (Å²) in [6.45, 7) is 3.89. The Hall–Kier alpha value is -0.940. The van der Waals surface area contributed by atoms with Crippen LogP contribution in [0.3, 0.4) is 0 Å². The van der Waals surface area contributed by atoms with E-state index in [0.29, 0.717) is 11.7 Å². The molecule has 0 bridgehead atoms. The minimum absolute atomic E-state index is 0.185. The van der Waals surface area contributed by atoms with Crippen LogP contribution >= 0.6 is 22.9 Å². The van der Waals surface area contributed by atoms with Gasteiger partial charge in [0.05, 0.1) is 16.6 Å². The van der Waals surface area contributed by atoms with Crippen LogP contribution < -0.4 is 0 Å². The zero-order valence-corrected chi connectivity index (χ0v) is 9.97. The normalized spacial score (nSPS) is 13.0. The maximum Gasteiger partial charge on any atom is 0.269 e. The molecule has 1 unspecified atom stereocenters. The van der Waals surface area contributed by atoms with Gasteiger partial charge < -0.3 is 4.52 Å². The Bertz CT molecular complexity index is 454. The van der Waals surface area contributed by atoms with Crippen LogP contribution in [-0.4, -0.2) is 15.1 Å². The molecule has 0 N–H and O–H groups in total. The highest BCUT2D eigenvalue weighted by Gasteiger charge is 2.17. The summed E-state index contributed by atoms with van der Waals surface area (Å²) in [5, 5.41) is 3.66. The van der Waals surface area contributed by atoms with Crippen molar-refractivity contribution in [1.82, 2.24) is 15.1 Å². The molecule has 2 heterocycles. The minimum Gasteiger partial charge on any atom is -0.333 e. The van der Waals surface area contributed by atoms with E-state index in [1.165, 1.54) is 11.3 Å². The molecule has 0 amide bonds. The number of alkyl halides is 1. The van der Waals surface area contributed by atoms with E-state index in [1.807, 2.05) is 13.8 Å². The van der Waals surface area contributed by atoms with Crippen LogP contribution in [0.5, 0.6) is 0 Å². The van der Waals surface area contributed by atoms with Gasteiger partial charge >= 0.3 is 0 Å². The van der Waals surface area contributed by atoms with Crippen molar-refractivity contribution in [3.63, 3.8) is 0 Å². The Morgan fingerprint density at radius 2 is 2.40 bits per heavy atom. The number of aryl methyl sites for hydroxylation is 1. The highest BCUT2D eigenvalue weighted by Crippen LogP contribution is 2.28. The zero-order chi connectivity index (χ0) is 10.8. The van der Waals surface area contributed by atoms with Crippen LogP contribution in [0.25, 0.3) is 10.8 Å². The van der Waals surface area contributed by atoms with Gasteiger partial charge in [-0.1, -0.05) is 12.1 Å². The smallest absolute Gasteiger partial charge is 0.269 e. The molecular weight excluding hydrogens is 234 g/mol. The van der Waals surface area contributed by atoms with Crippen molar-refractivity contribution in [2.45, 2.75) is 25.6 Å². The molecule has 0 fully saturated rings. The maximum atomic E-state index is 6.01. The molecule has 2 aromatic rings. The van der Waals surface area contributed by atoms with E-state index in [2.05, 4.69) is 15.1 Å². The highest BCUT2D eigenvalue weighted by molar-refractivity contribution is 7.13. The van der Waals surface area contributed by atoms with Gasteiger partial charge in [0, 0.05) is 0 Å². The lowest BCUT2D eigenvalue weighted by molar-refractivity contribution is 0.422. The summed E-state index contributed by atoms with van der Waals surface area (Å²) >= 11 is 7.49. The van der Waals surface area contributed by atoms with Crippen molar-refractivity contribution >= 4 is 22.9 Å². The monoisotopic (exact) mass is 243 g/mol. The number of hydrogen-bond donors (Lipinski definition) is 0. The zero-order valence-electron chi connectivity index (χ0n) is 8.40. The molecular formula is C9H10ClN3OS. The molecule has 0 aliphatic heterocycles. The predicted octanol–water partition coefficient (Wildman–Crippen LogP) is 3.19. The van der Waals surface area contributed by atoms with Crippen LogP contribution in [0.4, 0.5) is 0 Å². The second-order valence-corrected chi connectivity index (χ2v) is 4.48. The summed E-state index contributed by atoms with van der Waals surface area (Å²) in [5.74, 6) is 1.05. The molecule has 0 aliphatic rings. The summed E-state index contributed by atoms with van der Waals surface area (Å²) in [5.41, 5.74) is 2.66. The third-order valence-electron chi connectivity index (χ3n) is 2.02. The summed E-state index contributed by atoms with van der Waals surface area (Å²) in [7, 11) is 0. The molecule has 6 heteroatoms. The number of halogens is 1. The largest absolute Gasteiger partial charge is 0.333 e. The summed E-state index contributed by atoms with van der Waals surface area (Å²) in [6.07, 6.45) is 0.780. The quantitative estimate of drug-likeness (QED) is 0.777. The van der Waals surface area contributed by atoms with Gasteiger partial charge in [-0.2, -0.15) is 4.98 Å². The summed E-state index contributed by atoms with van der Waals surface area (Å²) in [4.78, 5) is 9.28. The fourth-order valence-corrected chi connectivity index (χ4v) is 1.96. The lowest BCUT2D eigenvalue weighted by Crippen LogP contribution is -1.90. The van der Waals surface area contributed by atoms with Crippen LogP contribution in [0, 0.1) is 6.92 Å². The molecule has 0 radical (unpaired) electrons. The lowest BCUT2D eigenvalue weighted by Gasteiger charge is -1.95. The fourth-order valence-electron chi connectivity index (χ4n) is 1.14. The molecule has 0 saturated carbocycles. The van der Waals surface area contributed by atoms with Gasteiger partial charge in [0.25, 0.3) is 5.89 Å². The second kappa shape index (κ2) is 4.28. The average molecular weight is 244 g/mol. The van der Waals surface area contributed by atoms with Crippen molar-refractivity contribution in [2.24, 2.45) is 0 Å². The Morgan fingerprint density at radius 1 is 1.60 bits per heavy atom. The van der Waals surface area contributed by atoms with E-state index in [9.17, 15) is 0 Å². The SMILES string of the molecule is CCC(Cl)c1noc(-c2scnc2C)n1. The van der Waals surface area contributed by atoms with Crippen molar-refractivity contribution in [1.29, 1.82) is 0 Å². The molecule has 80 valence electrons. The molecule has 0 spiro atoms. The highest BCUT2D eigenvalue weighted by atomic mass is 35.5. The van der Waals surface area contributed by atoms with Gasteiger partial charge in [0.2, 0.25) is 0 Å². The van der Waals surface area contributed by atoms with Crippen LogP contribution in [0.2, 0.25) is 0 Å². The van der Waals surface area contributed by atoms with E-state index in [4.69, 9.17) is 16.1 Å². The van der Waals surface area contributed by atoms with Crippen LogP contribution in [0.15, 0.2) is 10.0 Å². The third-order valence-corrected chi connectivity index (χ3v) is 3.44. The van der Waals surface area contributed by atoms with Crippen molar-refractivity contribution in [3.8, 4) is 10.8 Å². The van der Waals surface area contributed by atoms with Gasteiger partial charge in [0.1, 0.15) is 4.88 Å². The Balaban J connectivity index is 2.32. The van der Waals surface area contributed by atoms with E-state index in [-0.39, 0.29) is 5.38 Å². The molecule has 1 atom stereocenters. The first-order chi connectivity index (χ1) is 7.22. The predicted molar refractivity (Wildman–Crippen MR) is 59.0 cm³/mol. The van der Waals surface area contributed by atoms with Gasteiger partial charge in [-0.05, 0) is 13.3 Å². The van der Waals surface area contributed by atoms with E-state index in [0.717, 1.165) is 17.0 Å². The van der Waals surface area contributed by atoms with Crippen LogP contribution in [-0.2, 0) is 0 Å². The average Bonchev–Trinajstić information content (AvgIpc) is 2.84. The Labute approximate surface area is 96.3 Å². The molecule has 2 aromatic heterocycles. The number of aromatic nitrogens is 3. The number of hydrogen-bond acceptors (Lipinski definition) is 5. The molecule has 4 nitrogen and oxygen atoms in total. The standard InChI is InChI=1S/C9H10ClN3OS/c1-3-6(10)8-12-9(14-13-8)7-5(2)11-4-15-7/h4,6H,3H2,1-2H3. The summed E-state index contributed by atoms with van der Waals surface area (Å²) < 4.78 is 5.14. The first kappa shape index (κ1) is 10.6. The number of rotatable bonds is 3. The topological polar surface area (TPSA) is 51.8 Å². The molecule has 2 rings (SSSR count).